The van der Waals surface area contributed by atoms with Crippen LogP contribution in [0.4, 0.5) is 0 Å². The number of benzene rings is 1. The summed E-state index contributed by atoms with van der Waals surface area (Å²) in [5.41, 5.74) is 0.637. The van der Waals surface area contributed by atoms with Gasteiger partial charge >= 0.3 is 5.97 Å². The lowest BCUT2D eigenvalue weighted by molar-refractivity contribution is -0.131. The summed E-state index contributed by atoms with van der Waals surface area (Å²) in [6.07, 6.45) is 2.64. The third-order valence-corrected chi connectivity index (χ3v) is 2.89. The molecule has 0 spiro atoms. The molecule has 6 heteroatoms. The van der Waals surface area contributed by atoms with Crippen molar-refractivity contribution in [3.8, 4) is 5.75 Å². The summed E-state index contributed by atoms with van der Waals surface area (Å²) in [5.74, 6) is -0.862. The Labute approximate surface area is 128 Å². The second-order valence-corrected chi connectivity index (χ2v) is 4.82. The van der Waals surface area contributed by atoms with E-state index in [0.717, 1.165) is 12.5 Å². The molecule has 0 aliphatic heterocycles. The first kappa shape index (κ1) is 17.0. The predicted molar refractivity (Wildman–Crippen MR) is 81.5 cm³/mol. The maximum Gasteiger partial charge on any atom is 0.328 e. The maximum atomic E-state index is 11.7. The van der Waals surface area contributed by atoms with Gasteiger partial charge in [-0.05, 0) is 37.1 Å². The molecule has 5 nitrogen and oxygen atoms in total. The van der Waals surface area contributed by atoms with Crippen LogP contribution >= 0.6 is 11.6 Å². The van der Waals surface area contributed by atoms with Gasteiger partial charge in [0.05, 0.1) is 5.02 Å². The van der Waals surface area contributed by atoms with E-state index in [1.54, 1.807) is 25.1 Å². The van der Waals surface area contributed by atoms with Crippen molar-refractivity contribution < 1.29 is 19.4 Å². The molecule has 114 valence electrons. The van der Waals surface area contributed by atoms with E-state index >= 15 is 0 Å². The number of carbonyl (C=O) groups excluding carboxylic acids is 1. The fourth-order valence-corrected chi connectivity index (χ4v) is 1.75. The van der Waals surface area contributed by atoms with Gasteiger partial charge in [-0.25, -0.2) is 4.79 Å². The minimum atomic E-state index is -1.03. The van der Waals surface area contributed by atoms with Gasteiger partial charge in [0, 0.05) is 12.6 Å². The van der Waals surface area contributed by atoms with E-state index in [0.29, 0.717) is 22.9 Å². The van der Waals surface area contributed by atoms with Crippen LogP contribution in [0.15, 0.2) is 24.3 Å². The molecule has 1 rings (SSSR count). The van der Waals surface area contributed by atoms with Crippen molar-refractivity contribution in [3.05, 3.63) is 34.9 Å². The lowest BCUT2D eigenvalue weighted by Gasteiger charge is -2.15. The Morgan fingerprint density at radius 2 is 2.19 bits per heavy atom. The number of carbonyl (C=O) groups is 2. The molecule has 2 N–H and O–H groups in total. The van der Waals surface area contributed by atoms with Crippen molar-refractivity contribution in [2.45, 2.75) is 26.4 Å². The molecule has 21 heavy (non-hydrogen) atoms. The van der Waals surface area contributed by atoms with Crippen LogP contribution in [0.2, 0.25) is 5.02 Å². The summed E-state index contributed by atoms with van der Waals surface area (Å²) in [6, 6.07) is 4.85. The van der Waals surface area contributed by atoms with E-state index in [1.807, 2.05) is 6.92 Å². The predicted octanol–water partition coefficient (Wildman–Crippen LogP) is 2.73. The molecule has 1 unspecified atom stereocenters. The van der Waals surface area contributed by atoms with Crippen LogP contribution < -0.4 is 10.1 Å². The number of aliphatic carboxylic acids is 1. The molecule has 0 radical (unpaired) electrons. The van der Waals surface area contributed by atoms with Crippen molar-refractivity contribution in [1.82, 2.24) is 5.32 Å². The number of hydrogen-bond donors (Lipinski definition) is 2. The lowest BCUT2D eigenvalue weighted by atomic mass is 10.2. The number of carboxylic acid groups (broad SMARTS) is 1. The molecule has 0 aliphatic carbocycles. The molecule has 0 aromatic heterocycles. The minimum Gasteiger partial charge on any atom is -0.479 e. The topological polar surface area (TPSA) is 75.6 Å². The summed E-state index contributed by atoms with van der Waals surface area (Å²) in [7, 11) is 0. The molecule has 1 amide bonds. The van der Waals surface area contributed by atoms with Gasteiger partial charge in [0.15, 0.2) is 6.10 Å². The fraction of sp³-hybridized carbons (Fsp3) is 0.333. The van der Waals surface area contributed by atoms with Crippen LogP contribution in [0.25, 0.3) is 6.08 Å². The fourth-order valence-electron chi connectivity index (χ4n) is 1.52. The van der Waals surface area contributed by atoms with E-state index in [4.69, 9.17) is 21.4 Å². The molecular weight excluding hydrogens is 294 g/mol. The largest absolute Gasteiger partial charge is 0.479 e. The molecule has 0 heterocycles. The third-order valence-electron chi connectivity index (χ3n) is 2.60. The number of carboxylic acids is 1. The highest BCUT2D eigenvalue weighted by molar-refractivity contribution is 6.32. The molecule has 1 aromatic carbocycles. The Hall–Kier alpha value is -2.01. The highest BCUT2D eigenvalue weighted by Crippen LogP contribution is 2.27. The smallest absolute Gasteiger partial charge is 0.328 e. The highest BCUT2D eigenvalue weighted by Gasteiger charge is 2.15. The summed E-state index contributed by atoms with van der Waals surface area (Å²) in [6.45, 7) is 4.20. The van der Waals surface area contributed by atoms with Crippen LogP contribution in [-0.4, -0.2) is 29.6 Å². The molecule has 0 saturated heterocycles. The zero-order valence-electron chi connectivity index (χ0n) is 11.9. The molecular formula is C15H18ClNO4. The van der Waals surface area contributed by atoms with Crippen LogP contribution in [-0.2, 0) is 9.59 Å². The number of nitrogens with one attached hydrogen (secondary N) is 1. The molecule has 0 aliphatic rings. The summed E-state index contributed by atoms with van der Waals surface area (Å²) in [4.78, 5) is 22.1. The Kier molecular flexibility index (Phi) is 6.75. The highest BCUT2D eigenvalue weighted by atomic mass is 35.5. The van der Waals surface area contributed by atoms with Gasteiger partial charge < -0.3 is 15.2 Å². The van der Waals surface area contributed by atoms with Gasteiger partial charge in [-0.15, -0.1) is 0 Å². The van der Waals surface area contributed by atoms with Gasteiger partial charge in [-0.2, -0.15) is 0 Å². The SMILES string of the molecule is CCCNC(=O)C(C)Oc1ccc(C=CC(=O)O)cc1Cl. The van der Waals surface area contributed by atoms with Crippen LogP contribution in [0.3, 0.4) is 0 Å². The van der Waals surface area contributed by atoms with Gasteiger partial charge in [-0.3, -0.25) is 4.79 Å². The van der Waals surface area contributed by atoms with E-state index in [2.05, 4.69) is 5.32 Å². The standard InChI is InChI=1S/C15H18ClNO4/c1-3-8-17-15(20)10(2)21-13-6-4-11(9-12(13)16)5-7-14(18)19/h4-7,9-10H,3,8H2,1-2H3,(H,17,20)(H,18,19). The summed E-state index contributed by atoms with van der Waals surface area (Å²) >= 11 is 6.06. The van der Waals surface area contributed by atoms with Crippen molar-refractivity contribution >= 4 is 29.6 Å². The molecule has 0 bridgehead atoms. The van der Waals surface area contributed by atoms with Crippen LogP contribution in [0.1, 0.15) is 25.8 Å². The van der Waals surface area contributed by atoms with E-state index < -0.39 is 12.1 Å². The Morgan fingerprint density at radius 3 is 2.76 bits per heavy atom. The van der Waals surface area contributed by atoms with Crippen molar-refractivity contribution in [3.63, 3.8) is 0 Å². The molecule has 0 fully saturated rings. The first-order valence-electron chi connectivity index (χ1n) is 6.59. The summed E-state index contributed by atoms with van der Waals surface area (Å²) < 4.78 is 5.50. The third kappa shape index (κ3) is 5.87. The van der Waals surface area contributed by atoms with Crippen LogP contribution in [0.5, 0.6) is 5.75 Å². The van der Waals surface area contributed by atoms with Crippen molar-refractivity contribution in [2.75, 3.05) is 6.54 Å². The van der Waals surface area contributed by atoms with Gasteiger partial charge in [0.25, 0.3) is 5.91 Å². The van der Waals surface area contributed by atoms with E-state index in [1.165, 1.54) is 6.08 Å². The number of halogens is 1. The minimum absolute atomic E-state index is 0.206. The second kappa shape index (κ2) is 8.32. The van der Waals surface area contributed by atoms with Crippen molar-refractivity contribution in [2.24, 2.45) is 0 Å². The second-order valence-electron chi connectivity index (χ2n) is 4.41. The lowest BCUT2D eigenvalue weighted by Crippen LogP contribution is -2.36. The number of hydrogen-bond acceptors (Lipinski definition) is 3. The number of ether oxygens (including phenoxy) is 1. The van der Waals surface area contributed by atoms with Gasteiger partial charge in [-0.1, -0.05) is 24.6 Å². The maximum absolute atomic E-state index is 11.7. The van der Waals surface area contributed by atoms with Crippen LogP contribution in [0, 0.1) is 0 Å². The normalized spacial score (nSPS) is 12.1. The average molecular weight is 312 g/mol. The van der Waals surface area contributed by atoms with Crippen molar-refractivity contribution in [1.29, 1.82) is 0 Å². The summed E-state index contributed by atoms with van der Waals surface area (Å²) in [5, 5.41) is 11.6. The molecule has 1 aromatic rings. The Balaban J connectivity index is 2.72. The Morgan fingerprint density at radius 1 is 1.48 bits per heavy atom. The number of rotatable bonds is 7. The molecule has 1 atom stereocenters. The molecule has 0 saturated carbocycles. The van der Waals surface area contributed by atoms with E-state index in [9.17, 15) is 9.59 Å². The first-order valence-corrected chi connectivity index (χ1v) is 6.96. The van der Waals surface area contributed by atoms with Gasteiger partial charge in [0.2, 0.25) is 0 Å². The zero-order chi connectivity index (χ0) is 15.8. The zero-order valence-corrected chi connectivity index (χ0v) is 12.7. The van der Waals surface area contributed by atoms with Gasteiger partial charge in [0.1, 0.15) is 5.75 Å². The monoisotopic (exact) mass is 311 g/mol. The first-order chi connectivity index (χ1) is 9.93. The number of amides is 1. The Bertz CT molecular complexity index is 542. The average Bonchev–Trinajstić information content (AvgIpc) is 2.44. The quantitative estimate of drug-likeness (QED) is 0.759. The van der Waals surface area contributed by atoms with E-state index in [-0.39, 0.29) is 5.91 Å².